The fourth-order valence-corrected chi connectivity index (χ4v) is 2.98. The van der Waals surface area contributed by atoms with Gasteiger partial charge in [-0.3, -0.25) is 0 Å². The average Bonchev–Trinajstić information content (AvgIpc) is 2.73. The van der Waals surface area contributed by atoms with Gasteiger partial charge in [0.25, 0.3) is 0 Å². The van der Waals surface area contributed by atoms with Crippen LogP contribution in [0.2, 0.25) is 0 Å². The Morgan fingerprint density at radius 3 is 2.94 bits per heavy atom. The lowest BCUT2D eigenvalue weighted by Crippen LogP contribution is -2.18. The minimum absolute atomic E-state index is 0.380. The predicted molar refractivity (Wildman–Crippen MR) is 73.0 cm³/mol. The van der Waals surface area contributed by atoms with Crippen LogP contribution >= 0.6 is 11.3 Å². The average molecular weight is 233 g/mol. The van der Waals surface area contributed by atoms with E-state index in [9.17, 15) is 0 Å². The highest BCUT2D eigenvalue weighted by atomic mass is 32.1. The van der Waals surface area contributed by atoms with Crippen molar-refractivity contribution in [2.75, 3.05) is 0 Å². The van der Waals surface area contributed by atoms with E-state index in [1.54, 1.807) is 0 Å². The number of hydrogen-bond donors (Lipinski definition) is 1. The first-order chi connectivity index (χ1) is 7.81. The zero-order valence-corrected chi connectivity index (χ0v) is 10.6. The number of hydrogen-bond acceptors (Lipinski definition) is 2. The summed E-state index contributed by atoms with van der Waals surface area (Å²) in [5, 5.41) is 3.72. The molecule has 0 aliphatic heterocycles. The molecule has 2 N–H and O–H groups in total. The fourth-order valence-electron chi connectivity index (χ4n) is 1.99. The number of rotatable bonds is 5. The second kappa shape index (κ2) is 5.46. The van der Waals surface area contributed by atoms with Crippen LogP contribution in [0.3, 0.4) is 0 Å². The molecule has 86 valence electrons. The molecule has 0 aliphatic rings. The first-order valence-electron chi connectivity index (χ1n) is 6.02. The molecule has 0 radical (unpaired) electrons. The summed E-state index contributed by atoms with van der Waals surface area (Å²) in [5.41, 5.74) is 7.42. The summed E-state index contributed by atoms with van der Waals surface area (Å²) in [5.74, 6) is 0. The van der Waals surface area contributed by atoms with E-state index < -0.39 is 0 Å². The zero-order valence-electron chi connectivity index (χ0n) is 9.78. The Kier molecular flexibility index (Phi) is 3.97. The van der Waals surface area contributed by atoms with Crippen molar-refractivity contribution in [1.29, 1.82) is 0 Å². The van der Waals surface area contributed by atoms with Gasteiger partial charge < -0.3 is 5.73 Å². The first-order valence-corrected chi connectivity index (χ1v) is 6.90. The molecule has 1 heterocycles. The summed E-state index contributed by atoms with van der Waals surface area (Å²) in [6.45, 7) is 2.16. The van der Waals surface area contributed by atoms with Crippen LogP contribution in [0.15, 0.2) is 29.6 Å². The predicted octanol–water partition coefficient (Wildman–Crippen LogP) is 3.96. The van der Waals surface area contributed by atoms with Crippen LogP contribution in [0.25, 0.3) is 10.1 Å². The van der Waals surface area contributed by atoms with E-state index >= 15 is 0 Å². The summed E-state index contributed by atoms with van der Waals surface area (Å²) < 4.78 is 1.40. The first kappa shape index (κ1) is 11.6. The third-order valence-corrected chi connectivity index (χ3v) is 4.12. The van der Waals surface area contributed by atoms with Crippen LogP contribution in [-0.4, -0.2) is 6.04 Å². The van der Waals surface area contributed by atoms with Crippen LogP contribution in [0.5, 0.6) is 0 Å². The van der Waals surface area contributed by atoms with Crippen molar-refractivity contribution in [3.63, 3.8) is 0 Å². The molecule has 2 rings (SSSR count). The van der Waals surface area contributed by atoms with Gasteiger partial charge in [0.05, 0.1) is 0 Å². The highest BCUT2D eigenvalue weighted by Crippen LogP contribution is 2.26. The van der Waals surface area contributed by atoms with E-state index in [0.717, 1.165) is 19.3 Å². The number of thiophene rings is 1. The maximum Gasteiger partial charge on any atom is 0.0345 e. The van der Waals surface area contributed by atoms with Gasteiger partial charge >= 0.3 is 0 Å². The molecule has 2 heteroatoms. The number of benzene rings is 1. The maximum absolute atomic E-state index is 5.93. The molecule has 0 spiro atoms. The number of aryl methyl sites for hydroxylation is 1. The third-order valence-electron chi connectivity index (χ3n) is 3.11. The Balaban J connectivity index is 1.99. The zero-order chi connectivity index (χ0) is 11.4. The lowest BCUT2D eigenvalue weighted by Gasteiger charge is -2.07. The molecular weight excluding hydrogens is 214 g/mol. The SMILES string of the molecule is CCC(N)CCCc1csc2ccccc12. The van der Waals surface area contributed by atoms with Gasteiger partial charge in [0, 0.05) is 10.7 Å². The quantitative estimate of drug-likeness (QED) is 0.831. The van der Waals surface area contributed by atoms with Gasteiger partial charge in [0.1, 0.15) is 0 Å². The van der Waals surface area contributed by atoms with Gasteiger partial charge in [-0.25, -0.2) is 0 Å². The molecule has 1 atom stereocenters. The summed E-state index contributed by atoms with van der Waals surface area (Å²) in [4.78, 5) is 0. The second-order valence-electron chi connectivity index (χ2n) is 4.32. The Labute approximate surface area is 101 Å². The molecule has 0 fully saturated rings. The van der Waals surface area contributed by atoms with Gasteiger partial charge in [-0.15, -0.1) is 11.3 Å². The normalized spacial score (nSPS) is 13.1. The van der Waals surface area contributed by atoms with Gasteiger partial charge in [-0.1, -0.05) is 25.1 Å². The summed E-state index contributed by atoms with van der Waals surface area (Å²) in [6, 6.07) is 9.03. The van der Waals surface area contributed by atoms with Crippen LogP contribution < -0.4 is 5.73 Å². The van der Waals surface area contributed by atoms with E-state index in [4.69, 9.17) is 5.73 Å². The minimum atomic E-state index is 0.380. The number of nitrogens with two attached hydrogens (primary N) is 1. The van der Waals surface area contributed by atoms with Crippen molar-refractivity contribution in [1.82, 2.24) is 0 Å². The summed E-state index contributed by atoms with van der Waals surface area (Å²) >= 11 is 1.85. The second-order valence-corrected chi connectivity index (χ2v) is 5.23. The van der Waals surface area contributed by atoms with Gasteiger partial charge in [-0.2, -0.15) is 0 Å². The van der Waals surface area contributed by atoms with E-state index in [-0.39, 0.29) is 0 Å². The third kappa shape index (κ3) is 2.63. The Bertz CT molecular complexity index is 447. The van der Waals surface area contributed by atoms with Crippen LogP contribution in [-0.2, 0) is 6.42 Å². The van der Waals surface area contributed by atoms with Crippen molar-refractivity contribution >= 4 is 21.4 Å². The van der Waals surface area contributed by atoms with Crippen molar-refractivity contribution < 1.29 is 0 Å². The van der Waals surface area contributed by atoms with Crippen molar-refractivity contribution in [2.45, 2.75) is 38.6 Å². The van der Waals surface area contributed by atoms with Crippen LogP contribution in [0, 0.1) is 0 Å². The summed E-state index contributed by atoms with van der Waals surface area (Å²) in [6.07, 6.45) is 4.60. The largest absolute Gasteiger partial charge is 0.328 e. The highest BCUT2D eigenvalue weighted by Gasteiger charge is 2.04. The molecule has 0 aliphatic carbocycles. The Morgan fingerprint density at radius 1 is 1.31 bits per heavy atom. The van der Waals surface area contributed by atoms with E-state index in [1.807, 2.05) is 11.3 Å². The molecule has 0 saturated heterocycles. The standard InChI is InChI=1S/C14H19NS/c1-2-12(15)7-5-6-11-10-16-14-9-4-3-8-13(11)14/h3-4,8-10,12H,2,5-7,15H2,1H3. The van der Waals surface area contributed by atoms with E-state index in [1.165, 1.54) is 22.1 Å². The Hall–Kier alpha value is -0.860. The maximum atomic E-state index is 5.93. The molecule has 1 aromatic carbocycles. The molecule has 0 bridgehead atoms. The molecule has 2 aromatic rings. The monoisotopic (exact) mass is 233 g/mol. The summed E-state index contributed by atoms with van der Waals surface area (Å²) in [7, 11) is 0. The van der Waals surface area contributed by atoms with Crippen LogP contribution in [0.1, 0.15) is 31.7 Å². The topological polar surface area (TPSA) is 26.0 Å². The van der Waals surface area contributed by atoms with E-state index in [0.29, 0.717) is 6.04 Å². The molecule has 1 aromatic heterocycles. The lowest BCUT2D eigenvalue weighted by atomic mass is 10.0. The van der Waals surface area contributed by atoms with Crippen molar-refractivity contribution in [3.05, 3.63) is 35.2 Å². The molecule has 1 nitrogen and oxygen atoms in total. The molecule has 0 saturated carbocycles. The van der Waals surface area contributed by atoms with Gasteiger partial charge in [0.15, 0.2) is 0 Å². The highest BCUT2D eigenvalue weighted by molar-refractivity contribution is 7.17. The molecular formula is C14H19NS. The van der Waals surface area contributed by atoms with Crippen LogP contribution in [0.4, 0.5) is 0 Å². The smallest absolute Gasteiger partial charge is 0.0345 e. The Morgan fingerprint density at radius 2 is 2.12 bits per heavy atom. The fraction of sp³-hybridized carbons (Fsp3) is 0.429. The van der Waals surface area contributed by atoms with Crippen molar-refractivity contribution in [2.24, 2.45) is 5.73 Å². The molecule has 1 unspecified atom stereocenters. The van der Waals surface area contributed by atoms with Gasteiger partial charge in [-0.05, 0) is 48.1 Å². The molecule has 0 amide bonds. The lowest BCUT2D eigenvalue weighted by molar-refractivity contribution is 0.569. The number of fused-ring (bicyclic) bond motifs is 1. The van der Waals surface area contributed by atoms with E-state index in [2.05, 4.69) is 36.6 Å². The minimum Gasteiger partial charge on any atom is -0.328 e. The van der Waals surface area contributed by atoms with Crippen molar-refractivity contribution in [3.8, 4) is 0 Å². The molecule has 16 heavy (non-hydrogen) atoms. The van der Waals surface area contributed by atoms with Gasteiger partial charge in [0.2, 0.25) is 0 Å².